The van der Waals surface area contributed by atoms with Crippen molar-refractivity contribution in [3.63, 3.8) is 0 Å². The molecule has 3 unspecified atom stereocenters. The monoisotopic (exact) mass is 381 g/mol. The second-order valence-corrected chi connectivity index (χ2v) is 7.86. The lowest BCUT2D eigenvalue weighted by Crippen LogP contribution is -2.28. The van der Waals surface area contributed by atoms with E-state index in [2.05, 4.69) is 45.6 Å². The van der Waals surface area contributed by atoms with Crippen molar-refractivity contribution in [1.82, 2.24) is 4.90 Å². The minimum absolute atomic E-state index is 0.543. The molecule has 0 heterocycles. The molecule has 1 saturated carbocycles. The fourth-order valence-electron chi connectivity index (χ4n) is 4.10. The van der Waals surface area contributed by atoms with Crippen LogP contribution in [0.15, 0.2) is 23.8 Å². The van der Waals surface area contributed by atoms with Crippen molar-refractivity contribution in [3.8, 4) is 0 Å². The lowest BCUT2D eigenvalue weighted by atomic mass is 9.88. The van der Waals surface area contributed by atoms with E-state index in [-0.39, 0.29) is 0 Å². The molecule has 0 aliphatic heterocycles. The molecule has 1 fully saturated rings. The molecule has 3 atom stereocenters. The lowest BCUT2D eigenvalue weighted by Gasteiger charge is -2.23. The molecular formula is C21H35NO5. The summed E-state index contributed by atoms with van der Waals surface area (Å²) >= 11 is 0. The van der Waals surface area contributed by atoms with Crippen LogP contribution in [-0.2, 0) is 14.3 Å². The van der Waals surface area contributed by atoms with Crippen LogP contribution < -0.4 is 0 Å². The molecule has 0 aromatic rings. The van der Waals surface area contributed by atoms with Gasteiger partial charge >= 0.3 is 11.9 Å². The number of likely N-dealkylation sites (N-methyl/N-ethyl adjacent to an activating group) is 1. The summed E-state index contributed by atoms with van der Waals surface area (Å²) in [6.07, 6.45) is 4.86. The van der Waals surface area contributed by atoms with E-state index in [1.807, 2.05) is 0 Å². The highest BCUT2D eigenvalue weighted by Gasteiger charge is 2.61. The van der Waals surface area contributed by atoms with Gasteiger partial charge in [0.05, 0.1) is 13.2 Å². The summed E-state index contributed by atoms with van der Waals surface area (Å²) in [6.45, 7) is 16.7. The van der Waals surface area contributed by atoms with Crippen LogP contribution in [0.3, 0.4) is 0 Å². The number of hydrogen-bond donors (Lipinski definition) is 2. The highest BCUT2D eigenvalue weighted by molar-refractivity contribution is 5.89. The summed E-state index contributed by atoms with van der Waals surface area (Å²) in [5.41, 5.74) is 2.11. The van der Waals surface area contributed by atoms with Crippen molar-refractivity contribution in [2.75, 3.05) is 32.8 Å². The normalized spacial score (nSPS) is 25.4. The summed E-state index contributed by atoms with van der Waals surface area (Å²) < 4.78 is 5.99. The predicted molar refractivity (Wildman–Crippen MR) is 106 cm³/mol. The van der Waals surface area contributed by atoms with Crippen molar-refractivity contribution in [1.29, 1.82) is 0 Å². The number of nitrogens with zero attached hydrogens (tertiary/aromatic N) is 1. The Labute approximate surface area is 162 Å². The summed E-state index contributed by atoms with van der Waals surface area (Å²) in [5, 5.41) is 15.6. The van der Waals surface area contributed by atoms with Crippen LogP contribution >= 0.6 is 0 Å². The third-order valence-corrected chi connectivity index (χ3v) is 5.96. The average Bonchev–Trinajstić information content (AvgIpc) is 3.16. The summed E-state index contributed by atoms with van der Waals surface area (Å²) in [7, 11) is 0. The molecule has 0 spiro atoms. The van der Waals surface area contributed by atoms with Gasteiger partial charge in [-0.2, -0.15) is 0 Å². The summed E-state index contributed by atoms with van der Waals surface area (Å²) in [6, 6.07) is 0. The fraction of sp³-hybridized carbons (Fsp3) is 0.714. The van der Waals surface area contributed by atoms with Gasteiger partial charge in [0.15, 0.2) is 0 Å². The molecule has 0 bridgehead atoms. The smallest absolute Gasteiger partial charge is 0.328 e. The van der Waals surface area contributed by atoms with E-state index in [0.29, 0.717) is 23.5 Å². The van der Waals surface area contributed by atoms with Gasteiger partial charge in [-0.25, -0.2) is 9.59 Å². The van der Waals surface area contributed by atoms with E-state index in [9.17, 15) is 9.59 Å². The molecule has 0 radical (unpaired) electrons. The highest BCUT2D eigenvalue weighted by Crippen LogP contribution is 2.66. The van der Waals surface area contributed by atoms with Crippen molar-refractivity contribution >= 4 is 11.9 Å². The third-order valence-electron chi connectivity index (χ3n) is 5.96. The molecule has 2 rings (SSSR count). The van der Waals surface area contributed by atoms with Crippen LogP contribution in [0.4, 0.5) is 0 Å². The molecule has 0 aromatic heterocycles. The van der Waals surface area contributed by atoms with Crippen LogP contribution in [0.25, 0.3) is 0 Å². The Morgan fingerprint density at radius 1 is 1.22 bits per heavy atom. The first kappa shape index (κ1) is 23.4. The number of carbonyl (C=O) groups is 2. The maximum absolute atomic E-state index is 9.55. The second-order valence-electron chi connectivity index (χ2n) is 7.86. The highest BCUT2D eigenvalue weighted by atomic mass is 16.5. The first-order valence-corrected chi connectivity index (χ1v) is 9.75. The number of ether oxygens (including phenoxy) is 1. The standard InChI is InChI=1S/C17H31NO.C4H4O4/c1-6-18(7-2)10-11-19-12-14-13(3)8-9-15-16(14)17(15,4)5;5-3(6)1-2-4(7)8/h8,14-16H,6-7,9-12H2,1-5H3;1-2H,(H,5,6)(H,7,8)/b;2-1+. The molecule has 27 heavy (non-hydrogen) atoms. The Morgan fingerprint density at radius 2 is 1.78 bits per heavy atom. The van der Waals surface area contributed by atoms with Crippen LogP contribution in [0.1, 0.15) is 41.0 Å². The van der Waals surface area contributed by atoms with Gasteiger partial charge < -0.3 is 19.8 Å². The summed E-state index contributed by atoms with van der Waals surface area (Å²) in [4.78, 5) is 21.5. The predicted octanol–water partition coefficient (Wildman–Crippen LogP) is 3.30. The Bertz CT molecular complexity index is 547. The molecule has 2 aliphatic carbocycles. The van der Waals surface area contributed by atoms with Gasteiger partial charge in [0, 0.05) is 24.6 Å². The molecule has 0 saturated heterocycles. The van der Waals surface area contributed by atoms with E-state index < -0.39 is 11.9 Å². The number of carboxylic acids is 2. The minimum Gasteiger partial charge on any atom is -0.478 e. The van der Waals surface area contributed by atoms with Gasteiger partial charge in [0.2, 0.25) is 0 Å². The minimum atomic E-state index is -1.26. The fourth-order valence-corrected chi connectivity index (χ4v) is 4.10. The zero-order chi connectivity index (χ0) is 20.6. The van der Waals surface area contributed by atoms with E-state index in [0.717, 1.165) is 44.7 Å². The molecular weight excluding hydrogens is 346 g/mol. The Kier molecular flexibility index (Phi) is 9.19. The quantitative estimate of drug-likeness (QED) is 0.362. The van der Waals surface area contributed by atoms with Gasteiger partial charge in [-0.1, -0.05) is 39.3 Å². The van der Waals surface area contributed by atoms with Crippen molar-refractivity contribution in [2.45, 2.75) is 41.0 Å². The number of aliphatic carboxylic acids is 2. The third kappa shape index (κ3) is 7.11. The second kappa shape index (κ2) is 10.6. The zero-order valence-electron chi connectivity index (χ0n) is 17.3. The number of allylic oxidation sites excluding steroid dienone is 1. The topological polar surface area (TPSA) is 87.1 Å². The van der Waals surface area contributed by atoms with E-state index in [1.165, 1.54) is 6.42 Å². The van der Waals surface area contributed by atoms with Crippen LogP contribution in [0.2, 0.25) is 0 Å². The first-order valence-electron chi connectivity index (χ1n) is 9.75. The number of fused-ring (bicyclic) bond motifs is 1. The molecule has 154 valence electrons. The van der Waals surface area contributed by atoms with Crippen molar-refractivity contribution in [2.24, 2.45) is 23.2 Å². The molecule has 0 aromatic carbocycles. The average molecular weight is 382 g/mol. The summed E-state index contributed by atoms with van der Waals surface area (Å²) in [5.74, 6) is -0.0659. The zero-order valence-corrected chi connectivity index (χ0v) is 17.3. The Balaban J connectivity index is 0.000000387. The van der Waals surface area contributed by atoms with E-state index in [4.69, 9.17) is 14.9 Å². The largest absolute Gasteiger partial charge is 0.478 e. The molecule has 2 aliphatic rings. The van der Waals surface area contributed by atoms with Gasteiger partial charge in [-0.05, 0) is 43.7 Å². The van der Waals surface area contributed by atoms with Crippen molar-refractivity contribution < 1.29 is 24.5 Å². The maximum Gasteiger partial charge on any atom is 0.328 e. The number of rotatable bonds is 9. The number of carboxylic acid groups (broad SMARTS) is 2. The van der Waals surface area contributed by atoms with E-state index >= 15 is 0 Å². The SMILES string of the molecule is CCN(CC)CCOCC1C(C)=CCC2C1C2(C)C.O=C(O)/C=C/C(=O)O. The molecule has 6 heteroatoms. The maximum atomic E-state index is 9.55. The van der Waals surface area contributed by atoms with Crippen LogP contribution in [-0.4, -0.2) is 59.9 Å². The van der Waals surface area contributed by atoms with Crippen molar-refractivity contribution in [3.05, 3.63) is 23.8 Å². The van der Waals surface area contributed by atoms with E-state index in [1.54, 1.807) is 5.57 Å². The van der Waals surface area contributed by atoms with Crippen LogP contribution in [0.5, 0.6) is 0 Å². The lowest BCUT2D eigenvalue weighted by molar-refractivity contribution is -0.134. The van der Waals surface area contributed by atoms with Gasteiger partial charge in [-0.3, -0.25) is 0 Å². The van der Waals surface area contributed by atoms with Crippen LogP contribution in [0, 0.1) is 23.2 Å². The molecule has 2 N–H and O–H groups in total. The van der Waals surface area contributed by atoms with Gasteiger partial charge in [0.25, 0.3) is 0 Å². The molecule has 6 nitrogen and oxygen atoms in total. The number of hydrogen-bond acceptors (Lipinski definition) is 4. The Morgan fingerprint density at radius 3 is 2.26 bits per heavy atom. The van der Waals surface area contributed by atoms with Gasteiger partial charge in [-0.15, -0.1) is 0 Å². The molecule has 0 amide bonds. The first-order chi connectivity index (χ1) is 12.6. The Hall–Kier alpha value is -1.66. The van der Waals surface area contributed by atoms with Gasteiger partial charge in [0.1, 0.15) is 0 Å².